The molecule has 24 heavy (non-hydrogen) atoms. The van der Waals surface area contributed by atoms with Crippen LogP contribution < -0.4 is 5.73 Å². The third-order valence-electron chi connectivity index (χ3n) is 4.52. The molecular formula is C19H31N3O2. The molecule has 2 N–H and O–H groups in total. The number of benzene rings is 1. The van der Waals surface area contributed by atoms with Gasteiger partial charge in [-0.3, -0.25) is 9.69 Å². The van der Waals surface area contributed by atoms with Crippen LogP contribution in [0.25, 0.3) is 0 Å². The first-order chi connectivity index (χ1) is 11.4. The number of amides is 1. The molecule has 5 nitrogen and oxygen atoms in total. The zero-order valence-corrected chi connectivity index (χ0v) is 15.2. The second-order valence-corrected chi connectivity index (χ2v) is 7.54. The Labute approximate surface area is 145 Å². The third kappa shape index (κ3) is 5.89. The first kappa shape index (κ1) is 18.9. The number of hydrogen-bond donors (Lipinski definition) is 1. The molecule has 1 aromatic rings. The van der Waals surface area contributed by atoms with Gasteiger partial charge in [0.05, 0.1) is 19.1 Å². The van der Waals surface area contributed by atoms with Crippen LogP contribution in [0.4, 0.5) is 0 Å². The lowest BCUT2D eigenvalue weighted by Crippen LogP contribution is -2.45. The van der Waals surface area contributed by atoms with Crippen molar-refractivity contribution < 1.29 is 9.53 Å². The summed E-state index contributed by atoms with van der Waals surface area (Å²) in [5, 5.41) is 0. The quantitative estimate of drug-likeness (QED) is 0.825. The van der Waals surface area contributed by atoms with E-state index in [1.165, 1.54) is 5.56 Å². The average molecular weight is 333 g/mol. The summed E-state index contributed by atoms with van der Waals surface area (Å²) < 4.78 is 5.81. The van der Waals surface area contributed by atoms with Gasteiger partial charge in [0.15, 0.2) is 0 Å². The Bertz CT molecular complexity index is 519. The van der Waals surface area contributed by atoms with Gasteiger partial charge in [0.1, 0.15) is 0 Å². The molecule has 1 unspecified atom stereocenters. The highest BCUT2D eigenvalue weighted by molar-refractivity contribution is 5.76. The van der Waals surface area contributed by atoms with Gasteiger partial charge < -0.3 is 15.4 Å². The van der Waals surface area contributed by atoms with Gasteiger partial charge in [-0.1, -0.05) is 44.2 Å². The highest BCUT2D eigenvalue weighted by Gasteiger charge is 2.26. The first-order valence-corrected chi connectivity index (χ1v) is 8.71. The van der Waals surface area contributed by atoms with Crippen LogP contribution in [-0.4, -0.2) is 61.6 Å². The van der Waals surface area contributed by atoms with E-state index in [9.17, 15) is 4.79 Å². The standard InChI is InChI=1S/C19H31N3O2/c1-19(2,14-20)15-21(3)18(23)11-17-13-22(9-10-24-17)12-16-7-5-4-6-8-16/h4-8,17H,9-15,20H2,1-3H3. The van der Waals surface area contributed by atoms with Gasteiger partial charge in [-0.05, 0) is 17.5 Å². The van der Waals surface area contributed by atoms with Crippen LogP contribution >= 0.6 is 0 Å². The largest absolute Gasteiger partial charge is 0.375 e. The molecule has 1 aromatic carbocycles. The SMILES string of the molecule is CN(CC(C)(C)CN)C(=O)CC1CN(Cc2ccccc2)CCO1. The maximum absolute atomic E-state index is 12.5. The summed E-state index contributed by atoms with van der Waals surface area (Å²) in [5.74, 6) is 0.128. The molecule has 0 saturated carbocycles. The molecule has 134 valence electrons. The van der Waals surface area contributed by atoms with Crippen LogP contribution in [0.15, 0.2) is 30.3 Å². The average Bonchev–Trinajstić information content (AvgIpc) is 2.55. The van der Waals surface area contributed by atoms with Crippen LogP contribution in [0, 0.1) is 5.41 Å². The van der Waals surface area contributed by atoms with E-state index in [1.807, 2.05) is 13.1 Å². The minimum absolute atomic E-state index is 0.0293. The summed E-state index contributed by atoms with van der Waals surface area (Å²) in [6.07, 6.45) is 0.404. The summed E-state index contributed by atoms with van der Waals surface area (Å²) in [4.78, 5) is 16.6. The molecule has 1 atom stereocenters. The molecular weight excluding hydrogens is 302 g/mol. The maximum atomic E-state index is 12.5. The van der Waals surface area contributed by atoms with Crippen molar-refractivity contribution in [2.75, 3.05) is 39.8 Å². The predicted octanol–water partition coefficient (Wildman–Crippen LogP) is 1.72. The van der Waals surface area contributed by atoms with Crippen LogP contribution in [0.1, 0.15) is 25.8 Å². The molecule has 1 heterocycles. The molecule has 1 fully saturated rings. The lowest BCUT2D eigenvalue weighted by molar-refractivity contribution is -0.136. The summed E-state index contributed by atoms with van der Waals surface area (Å²) in [5.41, 5.74) is 7.00. The van der Waals surface area contributed by atoms with E-state index in [1.54, 1.807) is 4.90 Å². The van der Waals surface area contributed by atoms with Crippen molar-refractivity contribution in [1.82, 2.24) is 9.80 Å². The van der Waals surface area contributed by atoms with Crippen LogP contribution in [-0.2, 0) is 16.1 Å². The van der Waals surface area contributed by atoms with E-state index >= 15 is 0 Å². The Hall–Kier alpha value is -1.43. The molecule has 0 spiro atoms. The number of carbonyl (C=O) groups is 1. The molecule has 0 aromatic heterocycles. The van der Waals surface area contributed by atoms with Gasteiger partial charge in [0.25, 0.3) is 0 Å². The number of morpholine rings is 1. The molecule has 2 rings (SSSR count). The number of hydrogen-bond acceptors (Lipinski definition) is 4. The van der Waals surface area contributed by atoms with Crippen LogP contribution in [0.5, 0.6) is 0 Å². The van der Waals surface area contributed by atoms with Crippen LogP contribution in [0.3, 0.4) is 0 Å². The highest BCUT2D eigenvalue weighted by atomic mass is 16.5. The van der Waals surface area contributed by atoms with Crippen molar-refractivity contribution >= 4 is 5.91 Å². The summed E-state index contributed by atoms with van der Waals surface area (Å²) in [7, 11) is 1.85. The topological polar surface area (TPSA) is 58.8 Å². The Balaban J connectivity index is 1.82. The summed E-state index contributed by atoms with van der Waals surface area (Å²) >= 11 is 0. The zero-order chi connectivity index (χ0) is 17.6. The van der Waals surface area contributed by atoms with Gasteiger partial charge in [-0.25, -0.2) is 0 Å². The summed E-state index contributed by atoms with van der Waals surface area (Å²) in [6.45, 7) is 8.70. The van der Waals surface area contributed by atoms with Gasteiger partial charge in [0.2, 0.25) is 5.91 Å². The monoisotopic (exact) mass is 333 g/mol. The smallest absolute Gasteiger partial charge is 0.224 e. The molecule has 0 aliphatic carbocycles. The van der Waals surface area contributed by atoms with Crippen molar-refractivity contribution in [3.05, 3.63) is 35.9 Å². The van der Waals surface area contributed by atoms with Gasteiger partial charge >= 0.3 is 0 Å². The fourth-order valence-electron chi connectivity index (χ4n) is 3.03. The molecule has 5 heteroatoms. The molecule has 0 radical (unpaired) electrons. The van der Waals surface area contributed by atoms with Gasteiger partial charge in [0, 0.05) is 33.2 Å². The van der Waals surface area contributed by atoms with Crippen molar-refractivity contribution in [2.45, 2.75) is 32.9 Å². The van der Waals surface area contributed by atoms with E-state index < -0.39 is 0 Å². The normalized spacial score (nSPS) is 19.2. The predicted molar refractivity (Wildman–Crippen MR) is 96.5 cm³/mol. The number of nitrogens with zero attached hydrogens (tertiary/aromatic N) is 2. The molecule has 1 aliphatic rings. The minimum Gasteiger partial charge on any atom is -0.375 e. The molecule has 1 saturated heterocycles. The van der Waals surface area contributed by atoms with Gasteiger partial charge in [-0.15, -0.1) is 0 Å². The third-order valence-corrected chi connectivity index (χ3v) is 4.52. The van der Waals surface area contributed by atoms with Crippen molar-refractivity contribution in [3.8, 4) is 0 Å². The molecule has 0 bridgehead atoms. The number of carbonyl (C=O) groups excluding carboxylic acids is 1. The van der Waals surface area contributed by atoms with E-state index in [-0.39, 0.29) is 17.4 Å². The molecule has 1 amide bonds. The Kier molecular flexibility index (Phi) is 6.78. The van der Waals surface area contributed by atoms with Crippen LogP contribution in [0.2, 0.25) is 0 Å². The summed E-state index contributed by atoms with van der Waals surface area (Å²) in [6, 6.07) is 10.4. The number of nitrogens with two attached hydrogens (primary N) is 1. The minimum atomic E-state index is -0.0584. The molecule has 1 aliphatic heterocycles. The zero-order valence-electron chi connectivity index (χ0n) is 15.2. The lowest BCUT2D eigenvalue weighted by Gasteiger charge is -2.34. The van der Waals surface area contributed by atoms with E-state index in [0.717, 1.165) is 19.6 Å². The van der Waals surface area contributed by atoms with E-state index in [4.69, 9.17) is 10.5 Å². The number of ether oxygens (including phenoxy) is 1. The first-order valence-electron chi connectivity index (χ1n) is 8.71. The second-order valence-electron chi connectivity index (χ2n) is 7.54. The van der Waals surface area contributed by atoms with Gasteiger partial charge in [-0.2, -0.15) is 0 Å². The van der Waals surface area contributed by atoms with Crippen molar-refractivity contribution in [3.63, 3.8) is 0 Å². The second kappa shape index (κ2) is 8.60. The Morgan fingerprint density at radius 2 is 2.08 bits per heavy atom. The maximum Gasteiger partial charge on any atom is 0.224 e. The van der Waals surface area contributed by atoms with E-state index in [0.29, 0.717) is 26.1 Å². The van der Waals surface area contributed by atoms with Crippen molar-refractivity contribution in [2.24, 2.45) is 11.1 Å². The highest BCUT2D eigenvalue weighted by Crippen LogP contribution is 2.17. The lowest BCUT2D eigenvalue weighted by atomic mass is 9.93. The van der Waals surface area contributed by atoms with E-state index in [2.05, 4.69) is 43.0 Å². The Morgan fingerprint density at radius 3 is 2.75 bits per heavy atom. The Morgan fingerprint density at radius 1 is 1.38 bits per heavy atom. The number of rotatable bonds is 7. The van der Waals surface area contributed by atoms with Crippen molar-refractivity contribution in [1.29, 1.82) is 0 Å². The fraction of sp³-hybridized carbons (Fsp3) is 0.632. The fourth-order valence-corrected chi connectivity index (χ4v) is 3.03.